The highest BCUT2D eigenvalue weighted by molar-refractivity contribution is 9.10. The fraction of sp³-hybridized carbons (Fsp3) is 0.118. The molecule has 2 heterocycles. The van der Waals surface area contributed by atoms with Gasteiger partial charge >= 0.3 is 0 Å². The topological polar surface area (TPSA) is 59.8 Å². The van der Waals surface area contributed by atoms with Crippen LogP contribution in [0.2, 0.25) is 0 Å². The van der Waals surface area contributed by atoms with E-state index in [2.05, 4.69) is 31.3 Å². The van der Waals surface area contributed by atoms with Crippen LogP contribution >= 0.6 is 15.9 Å². The van der Waals surface area contributed by atoms with E-state index in [-0.39, 0.29) is 5.91 Å². The zero-order valence-electron chi connectivity index (χ0n) is 12.5. The predicted molar refractivity (Wildman–Crippen MR) is 91.8 cm³/mol. The average Bonchev–Trinajstić information content (AvgIpc) is 2.99. The molecule has 1 N–H and O–H groups in total. The van der Waals surface area contributed by atoms with Crippen molar-refractivity contribution in [2.45, 2.75) is 6.54 Å². The zero-order valence-corrected chi connectivity index (χ0v) is 14.1. The molecular formula is C17H15BrN4O. The van der Waals surface area contributed by atoms with Gasteiger partial charge in [-0.2, -0.15) is 5.10 Å². The first-order valence-electron chi connectivity index (χ1n) is 7.10. The lowest BCUT2D eigenvalue weighted by atomic mass is 10.1. The molecule has 3 aromatic rings. The van der Waals surface area contributed by atoms with Crippen LogP contribution in [0.5, 0.6) is 0 Å². The molecule has 0 saturated heterocycles. The summed E-state index contributed by atoms with van der Waals surface area (Å²) in [6.07, 6.45) is 5.28. The van der Waals surface area contributed by atoms with Gasteiger partial charge in [0.2, 0.25) is 0 Å². The lowest BCUT2D eigenvalue weighted by molar-refractivity contribution is 0.0950. The molecule has 0 aliphatic rings. The van der Waals surface area contributed by atoms with Crippen LogP contribution in [-0.2, 0) is 13.6 Å². The van der Waals surface area contributed by atoms with Gasteiger partial charge in [0.25, 0.3) is 5.91 Å². The van der Waals surface area contributed by atoms with Gasteiger partial charge in [0.1, 0.15) is 0 Å². The number of carbonyl (C=O) groups excluding carboxylic acids is 1. The molecule has 0 bridgehead atoms. The summed E-state index contributed by atoms with van der Waals surface area (Å²) in [6.45, 7) is 0.416. The summed E-state index contributed by atoms with van der Waals surface area (Å²) in [5, 5.41) is 7.07. The summed E-state index contributed by atoms with van der Waals surface area (Å²) in [6, 6.07) is 11.3. The summed E-state index contributed by atoms with van der Waals surface area (Å²) in [5.41, 5.74) is 3.50. The maximum atomic E-state index is 12.2. The Labute approximate surface area is 142 Å². The minimum absolute atomic E-state index is 0.122. The summed E-state index contributed by atoms with van der Waals surface area (Å²) in [7, 11) is 1.89. The van der Waals surface area contributed by atoms with Crippen molar-refractivity contribution in [3.8, 4) is 11.3 Å². The monoisotopic (exact) mass is 370 g/mol. The Morgan fingerprint density at radius 3 is 2.83 bits per heavy atom. The van der Waals surface area contributed by atoms with Gasteiger partial charge in [-0.25, -0.2) is 0 Å². The van der Waals surface area contributed by atoms with Crippen LogP contribution in [0.25, 0.3) is 11.3 Å². The minimum atomic E-state index is -0.122. The van der Waals surface area contributed by atoms with Crippen molar-refractivity contribution < 1.29 is 4.79 Å². The SMILES string of the molecule is Cn1nccc1-c1cncc(CNC(=O)c2ccccc2Br)c1. The van der Waals surface area contributed by atoms with Gasteiger partial charge < -0.3 is 5.32 Å². The molecule has 0 aliphatic heterocycles. The highest BCUT2D eigenvalue weighted by atomic mass is 79.9. The third kappa shape index (κ3) is 3.48. The van der Waals surface area contributed by atoms with E-state index in [4.69, 9.17) is 0 Å². The number of hydrogen-bond donors (Lipinski definition) is 1. The summed E-state index contributed by atoms with van der Waals surface area (Å²) >= 11 is 3.39. The van der Waals surface area contributed by atoms with Crippen molar-refractivity contribution in [2.24, 2.45) is 7.05 Å². The number of halogens is 1. The summed E-state index contributed by atoms with van der Waals surface area (Å²) in [5.74, 6) is -0.122. The molecule has 116 valence electrons. The second kappa shape index (κ2) is 6.75. The first-order chi connectivity index (χ1) is 11.1. The largest absolute Gasteiger partial charge is 0.348 e. The number of carbonyl (C=O) groups is 1. The van der Waals surface area contributed by atoms with Crippen molar-refractivity contribution >= 4 is 21.8 Å². The van der Waals surface area contributed by atoms with Gasteiger partial charge in [-0.3, -0.25) is 14.5 Å². The van der Waals surface area contributed by atoms with Crippen LogP contribution in [-0.4, -0.2) is 20.7 Å². The Morgan fingerprint density at radius 2 is 2.09 bits per heavy atom. The fourth-order valence-corrected chi connectivity index (χ4v) is 2.77. The Kier molecular flexibility index (Phi) is 4.52. The van der Waals surface area contributed by atoms with E-state index in [1.807, 2.05) is 37.4 Å². The molecule has 0 unspecified atom stereocenters. The second-order valence-corrected chi connectivity index (χ2v) is 5.94. The molecule has 6 heteroatoms. The van der Waals surface area contributed by atoms with Crippen molar-refractivity contribution in [2.75, 3.05) is 0 Å². The van der Waals surface area contributed by atoms with Gasteiger partial charge in [-0.1, -0.05) is 12.1 Å². The minimum Gasteiger partial charge on any atom is -0.348 e. The Hall–Kier alpha value is -2.47. The van der Waals surface area contributed by atoms with Crippen LogP contribution < -0.4 is 5.32 Å². The third-order valence-corrected chi connectivity index (χ3v) is 4.17. The van der Waals surface area contributed by atoms with E-state index in [9.17, 15) is 4.79 Å². The molecule has 1 aromatic carbocycles. The number of nitrogens with one attached hydrogen (secondary N) is 1. The van der Waals surface area contributed by atoms with E-state index in [1.54, 1.807) is 29.3 Å². The van der Waals surface area contributed by atoms with Crippen LogP contribution in [0.4, 0.5) is 0 Å². The molecule has 0 fully saturated rings. The summed E-state index contributed by atoms with van der Waals surface area (Å²) in [4.78, 5) is 16.5. The smallest absolute Gasteiger partial charge is 0.252 e. The third-order valence-electron chi connectivity index (χ3n) is 3.48. The number of nitrogens with zero attached hydrogens (tertiary/aromatic N) is 3. The molecule has 0 aliphatic carbocycles. The number of amides is 1. The van der Waals surface area contributed by atoms with E-state index in [1.165, 1.54) is 0 Å². The van der Waals surface area contributed by atoms with Crippen LogP contribution in [0, 0.1) is 0 Å². The number of hydrogen-bond acceptors (Lipinski definition) is 3. The van der Waals surface area contributed by atoms with E-state index in [0.29, 0.717) is 12.1 Å². The number of rotatable bonds is 4. The molecule has 3 rings (SSSR count). The van der Waals surface area contributed by atoms with Gasteiger partial charge in [0.15, 0.2) is 0 Å². The molecule has 0 saturated carbocycles. The quantitative estimate of drug-likeness (QED) is 0.767. The fourth-order valence-electron chi connectivity index (χ4n) is 2.30. The number of aryl methyl sites for hydroxylation is 1. The molecule has 0 spiro atoms. The molecule has 2 aromatic heterocycles. The molecule has 0 radical (unpaired) electrons. The Bertz CT molecular complexity index is 844. The van der Waals surface area contributed by atoms with Crippen LogP contribution in [0.1, 0.15) is 15.9 Å². The number of benzene rings is 1. The first-order valence-corrected chi connectivity index (χ1v) is 7.89. The van der Waals surface area contributed by atoms with Crippen molar-refractivity contribution in [1.29, 1.82) is 0 Å². The van der Waals surface area contributed by atoms with Crippen molar-refractivity contribution in [3.05, 3.63) is 70.6 Å². The Balaban J connectivity index is 1.73. The van der Waals surface area contributed by atoms with E-state index >= 15 is 0 Å². The maximum Gasteiger partial charge on any atom is 0.252 e. The highest BCUT2D eigenvalue weighted by Gasteiger charge is 2.09. The molecular weight excluding hydrogens is 356 g/mol. The molecule has 0 atom stereocenters. The average molecular weight is 371 g/mol. The second-order valence-electron chi connectivity index (χ2n) is 5.08. The van der Waals surface area contributed by atoms with Gasteiger partial charge in [-0.15, -0.1) is 0 Å². The van der Waals surface area contributed by atoms with Crippen LogP contribution in [0.3, 0.4) is 0 Å². The van der Waals surface area contributed by atoms with Gasteiger partial charge in [-0.05, 0) is 45.8 Å². The van der Waals surface area contributed by atoms with Crippen LogP contribution in [0.15, 0.2) is 59.5 Å². The van der Waals surface area contributed by atoms with Gasteiger partial charge in [0.05, 0.1) is 11.3 Å². The van der Waals surface area contributed by atoms with Crippen molar-refractivity contribution in [1.82, 2.24) is 20.1 Å². The first kappa shape index (κ1) is 15.4. The molecule has 5 nitrogen and oxygen atoms in total. The van der Waals surface area contributed by atoms with Crippen molar-refractivity contribution in [3.63, 3.8) is 0 Å². The lowest BCUT2D eigenvalue weighted by Gasteiger charge is -2.08. The Morgan fingerprint density at radius 1 is 1.26 bits per heavy atom. The predicted octanol–water partition coefficient (Wildman–Crippen LogP) is 3.17. The summed E-state index contributed by atoms with van der Waals surface area (Å²) < 4.78 is 2.57. The van der Waals surface area contributed by atoms with E-state index in [0.717, 1.165) is 21.3 Å². The van der Waals surface area contributed by atoms with E-state index < -0.39 is 0 Å². The van der Waals surface area contributed by atoms with Gasteiger partial charge in [0, 0.05) is 42.2 Å². The number of aromatic nitrogens is 3. The molecule has 23 heavy (non-hydrogen) atoms. The zero-order chi connectivity index (χ0) is 16.2. The molecule has 1 amide bonds. The number of pyridine rings is 1. The lowest BCUT2D eigenvalue weighted by Crippen LogP contribution is -2.23. The maximum absolute atomic E-state index is 12.2. The normalized spacial score (nSPS) is 10.5. The standard InChI is InChI=1S/C17H15BrN4O/c1-22-16(6-7-21-22)13-8-12(9-19-11-13)10-20-17(23)14-4-2-3-5-15(14)18/h2-9,11H,10H2,1H3,(H,20,23). The highest BCUT2D eigenvalue weighted by Crippen LogP contribution is 2.19.